The molecular weight excluding hydrogens is 344 g/mol. The van der Waals surface area contributed by atoms with Crippen molar-refractivity contribution >= 4 is 28.0 Å². The van der Waals surface area contributed by atoms with E-state index in [0.29, 0.717) is 16.5 Å². The van der Waals surface area contributed by atoms with Crippen molar-refractivity contribution in [2.45, 2.75) is 20.8 Å². The van der Waals surface area contributed by atoms with Crippen LogP contribution in [0.15, 0.2) is 48.0 Å². The zero-order valence-corrected chi connectivity index (χ0v) is 15.6. The van der Waals surface area contributed by atoms with E-state index in [-0.39, 0.29) is 5.91 Å². The molecule has 0 saturated heterocycles. The molecule has 0 bridgehead atoms. The Labute approximate surface area is 155 Å². The van der Waals surface area contributed by atoms with Crippen LogP contribution in [0.3, 0.4) is 0 Å². The highest BCUT2D eigenvalue weighted by Gasteiger charge is 2.18. The van der Waals surface area contributed by atoms with Gasteiger partial charge in [0.1, 0.15) is 11.3 Å². The van der Waals surface area contributed by atoms with Crippen LogP contribution in [0, 0.1) is 20.8 Å². The molecule has 1 amide bonds. The molecule has 0 aliphatic carbocycles. The number of carbonyl (C=O) groups is 1. The smallest absolute Gasteiger partial charge is 0.276 e. The molecule has 0 aliphatic heterocycles. The van der Waals surface area contributed by atoms with Crippen molar-refractivity contribution in [2.75, 3.05) is 5.32 Å². The molecule has 130 valence electrons. The summed E-state index contributed by atoms with van der Waals surface area (Å²) in [7, 11) is 0. The Morgan fingerprint density at radius 3 is 2.77 bits per heavy atom. The van der Waals surface area contributed by atoms with Crippen molar-refractivity contribution in [1.29, 1.82) is 0 Å². The quantitative estimate of drug-likeness (QED) is 0.578. The van der Waals surface area contributed by atoms with E-state index in [1.54, 1.807) is 4.40 Å². The number of rotatable bonds is 3. The SMILES string of the molecule is Cc1ccc(-c2csc(NC(=O)c3c(C)nc4ccccn34)n2)c(C)c1. The second-order valence-electron chi connectivity index (χ2n) is 6.29. The van der Waals surface area contributed by atoms with Crippen molar-refractivity contribution in [3.63, 3.8) is 0 Å². The van der Waals surface area contributed by atoms with Crippen LogP contribution >= 0.6 is 11.3 Å². The third kappa shape index (κ3) is 2.88. The molecule has 1 aromatic carbocycles. The standard InChI is InChI=1S/C20H18N4OS/c1-12-7-8-15(13(2)10-12)16-11-26-20(22-16)23-19(25)18-14(3)21-17-6-4-5-9-24(17)18/h4-11H,1-3H3,(H,22,23,25). The summed E-state index contributed by atoms with van der Waals surface area (Å²) < 4.78 is 1.79. The molecule has 0 radical (unpaired) electrons. The summed E-state index contributed by atoms with van der Waals surface area (Å²) in [5.74, 6) is -0.206. The lowest BCUT2D eigenvalue weighted by molar-refractivity contribution is 0.102. The first-order chi connectivity index (χ1) is 12.5. The van der Waals surface area contributed by atoms with Gasteiger partial charge in [-0.25, -0.2) is 9.97 Å². The zero-order valence-electron chi connectivity index (χ0n) is 14.8. The Kier molecular flexibility index (Phi) is 4.05. The van der Waals surface area contributed by atoms with Crippen LogP contribution in [0.2, 0.25) is 0 Å². The summed E-state index contributed by atoms with van der Waals surface area (Å²) in [6.07, 6.45) is 1.84. The molecule has 0 unspecified atom stereocenters. The molecule has 1 N–H and O–H groups in total. The lowest BCUT2D eigenvalue weighted by Crippen LogP contribution is -2.15. The fourth-order valence-electron chi connectivity index (χ4n) is 3.10. The van der Waals surface area contributed by atoms with E-state index in [9.17, 15) is 4.79 Å². The number of aryl methyl sites for hydroxylation is 3. The van der Waals surface area contributed by atoms with E-state index in [2.05, 4.69) is 47.3 Å². The molecule has 4 aromatic rings. The molecule has 0 atom stereocenters. The molecule has 3 heterocycles. The summed E-state index contributed by atoms with van der Waals surface area (Å²) in [5, 5.41) is 5.45. The first-order valence-corrected chi connectivity index (χ1v) is 9.19. The van der Waals surface area contributed by atoms with Crippen molar-refractivity contribution in [3.05, 3.63) is 70.5 Å². The first kappa shape index (κ1) is 16.5. The van der Waals surface area contributed by atoms with E-state index in [0.717, 1.165) is 16.9 Å². The average Bonchev–Trinajstić information content (AvgIpc) is 3.18. The summed E-state index contributed by atoms with van der Waals surface area (Å²) in [4.78, 5) is 21.8. The third-order valence-electron chi connectivity index (χ3n) is 4.30. The normalized spacial score (nSPS) is 11.0. The monoisotopic (exact) mass is 362 g/mol. The van der Waals surface area contributed by atoms with Crippen molar-refractivity contribution in [3.8, 4) is 11.3 Å². The molecular formula is C20H18N4OS. The van der Waals surface area contributed by atoms with Crippen molar-refractivity contribution in [1.82, 2.24) is 14.4 Å². The predicted molar refractivity (Wildman–Crippen MR) is 105 cm³/mol. The van der Waals surface area contributed by atoms with Gasteiger partial charge in [-0.2, -0.15) is 0 Å². The minimum Gasteiger partial charge on any atom is -0.296 e. The van der Waals surface area contributed by atoms with Gasteiger partial charge in [-0.05, 0) is 38.5 Å². The maximum atomic E-state index is 12.8. The summed E-state index contributed by atoms with van der Waals surface area (Å²) >= 11 is 1.42. The highest BCUT2D eigenvalue weighted by molar-refractivity contribution is 7.14. The number of amides is 1. The van der Waals surface area contributed by atoms with E-state index in [1.807, 2.05) is 36.7 Å². The number of aromatic nitrogens is 3. The summed E-state index contributed by atoms with van der Waals surface area (Å²) in [5.41, 5.74) is 6.33. The maximum absolute atomic E-state index is 12.8. The first-order valence-electron chi connectivity index (χ1n) is 8.31. The molecule has 4 rings (SSSR count). The lowest BCUT2D eigenvalue weighted by atomic mass is 10.0. The van der Waals surface area contributed by atoms with Gasteiger partial charge in [0, 0.05) is 17.1 Å². The Hall–Kier alpha value is -2.99. The number of nitrogens with zero attached hydrogens (tertiary/aromatic N) is 3. The van der Waals surface area contributed by atoms with E-state index < -0.39 is 0 Å². The van der Waals surface area contributed by atoms with Crippen LogP contribution in [0.5, 0.6) is 0 Å². The van der Waals surface area contributed by atoms with E-state index >= 15 is 0 Å². The highest BCUT2D eigenvalue weighted by atomic mass is 32.1. The minimum atomic E-state index is -0.206. The third-order valence-corrected chi connectivity index (χ3v) is 5.06. The zero-order chi connectivity index (χ0) is 18.3. The van der Waals surface area contributed by atoms with Gasteiger partial charge >= 0.3 is 0 Å². The molecule has 0 fully saturated rings. The Balaban J connectivity index is 1.63. The van der Waals surface area contributed by atoms with E-state index in [4.69, 9.17) is 0 Å². The summed E-state index contributed by atoms with van der Waals surface area (Å²) in [6, 6.07) is 11.9. The molecule has 26 heavy (non-hydrogen) atoms. The van der Waals surface area contributed by atoms with Crippen molar-refractivity contribution < 1.29 is 4.79 Å². The molecule has 0 saturated carbocycles. The van der Waals surface area contributed by atoms with Crippen molar-refractivity contribution in [2.24, 2.45) is 0 Å². The number of hydrogen-bond acceptors (Lipinski definition) is 4. The number of benzene rings is 1. The largest absolute Gasteiger partial charge is 0.296 e. The van der Waals surface area contributed by atoms with Crippen LogP contribution in [0.25, 0.3) is 16.9 Å². The van der Waals surface area contributed by atoms with Gasteiger partial charge in [-0.15, -0.1) is 11.3 Å². The number of carbonyl (C=O) groups excluding carboxylic acids is 1. The van der Waals surface area contributed by atoms with Crippen LogP contribution < -0.4 is 5.32 Å². The molecule has 0 spiro atoms. The van der Waals surface area contributed by atoms with Gasteiger partial charge in [0.05, 0.1) is 11.4 Å². The highest BCUT2D eigenvalue weighted by Crippen LogP contribution is 2.28. The Morgan fingerprint density at radius 1 is 1.12 bits per heavy atom. The topological polar surface area (TPSA) is 59.3 Å². The fraction of sp³-hybridized carbons (Fsp3) is 0.150. The van der Waals surface area contributed by atoms with Crippen LogP contribution in [-0.4, -0.2) is 20.3 Å². The van der Waals surface area contributed by atoms with Crippen LogP contribution in [0.1, 0.15) is 27.3 Å². The van der Waals surface area contributed by atoms with E-state index in [1.165, 1.54) is 22.5 Å². The van der Waals surface area contributed by atoms with Crippen LogP contribution in [0.4, 0.5) is 5.13 Å². The van der Waals surface area contributed by atoms with Gasteiger partial charge in [0.15, 0.2) is 5.13 Å². The number of anilines is 1. The fourth-order valence-corrected chi connectivity index (χ4v) is 3.80. The second-order valence-corrected chi connectivity index (χ2v) is 7.14. The molecule has 3 aromatic heterocycles. The molecule has 5 nitrogen and oxygen atoms in total. The number of imidazole rings is 1. The Bertz CT molecular complexity index is 1130. The minimum absolute atomic E-state index is 0.206. The average molecular weight is 362 g/mol. The number of nitrogens with one attached hydrogen (secondary N) is 1. The van der Waals surface area contributed by atoms with Gasteiger partial charge in [-0.1, -0.05) is 29.8 Å². The number of hydrogen-bond donors (Lipinski definition) is 1. The van der Waals surface area contributed by atoms with Crippen LogP contribution in [-0.2, 0) is 0 Å². The van der Waals surface area contributed by atoms with Gasteiger partial charge in [0.25, 0.3) is 5.91 Å². The maximum Gasteiger partial charge on any atom is 0.276 e. The van der Waals surface area contributed by atoms with Gasteiger partial charge in [-0.3, -0.25) is 14.5 Å². The molecule has 0 aliphatic rings. The predicted octanol–water partition coefficient (Wildman–Crippen LogP) is 4.64. The van der Waals surface area contributed by atoms with Gasteiger partial charge in [0.2, 0.25) is 0 Å². The number of thiazole rings is 1. The second kappa shape index (κ2) is 6.38. The number of pyridine rings is 1. The van der Waals surface area contributed by atoms with Gasteiger partial charge < -0.3 is 0 Å². The number of fused-ring (bicyclic) bond motifs is 1. The summed E-state index contributed by atoms with van der Waals surface area (Å²) in [6.45, 7) is 5.98. The lowest BCUT2D eigenvalue weighted by Gasteiger charge is -2.04. The molecule has 6 heteroatoms. The Morgan fingerprint density at radius 2 is 1.96 bits per heavy atom.